The van der Waals surface area contributed by atoms with Gasteiger partial charge in [0.1, 0.15) is 0 Å². The number of aromatic nitrogens is 2. The first kappa shape index (κ1) is 26.4. The van der Waals surface area contributed by atoms with E-state index < -0.39 is 4.55 Å². The van der Waals surface area contributed by atoms with Gasteiger partial charge in [0.25, 0.3) is 0 Å². The van der Waals surface area contributed by atoms with E-state index in [1.54, 1.807) is 0 Å². The largest absolute Gasteiger partial charge is 0.299 e. The fraction of sp³-hybridized carbons (Fsp3) is 0.864. The van der Waals surface area contributed by atoms with Crippen molar-refractivity contribution in [3.8, 4) is 0 Å². The van der Waals surface area contributed by atoms with Crippen molar-refractivity contribution in [3.05, 3.63) is 18.5 Å². The highest BCUT2D eigenvalue weighted by molar-refractivity contribution is 9.70. The molecule has 0 fully saturated rings. The Morgan fingerprint density at radius 3 is 1.79 bits per heavy atom. The molecule has 1 heterocycles. The zero-order valence-electron chi connectivity index (χ0n) is 18.0. The van der Waals surface area contributed by atoms with Crippen LogP contribution in [0.1, 0.15) is 103 Å². The Balaban J connectivity index is 1.93. The summed E-state index contributed by atoms with van der Waals surface area (Å²) < 4.78 is 14.0. The monoisotopic (exact) mass is 539 g/mol. The van der Waals surface area contributed by atoms with Gasteiger partial charge in [0, 0.05) is 18.6 Å². The Morgan fingerprint density at radius 1 is 0.786 bits per heavy atom. The SMILES string of the molecule is CCCCCCCCCCCCCCCCn1ccc[n+]1CCCP(=O)(Br)Br. The second-order valence-electron chi connectivity index (χ2n) is 8.06. The van der Waals surface area contributed by atoms with Gasteiger partial charge in [0.05, 0.1) is 12.7 Å². The molecule has 0 radical (unpaired) electrons. The van der Waals surface area contributed by atoms with Crippen LogP contribution in [-0.2, 0) is 17.7 Å². The molecule has 164 valence electrons. The molecule has 3 nitrogen and oxygen atoms in total. The van der Waals surface area contributed by atoms with Crippen molar-refractivity contribution in [2.24, 2.45) is 0 Å². The number of halogens is 2. The topological polar surface area (TPSA) is 25.9 Å². The summed E-state index contributed by atoms with van der Waals surface area (Å²) in [6.45, 7) is 4.30. The normalized spacial score (nSPS) is 12.0. The van der Waals surface area contributed by atoms with Crippen LogP contribution in [0.3, 0.4) is 0 Å². The lowest BCUT2D eigenvalue weighted by molar-refractivity contribution is -0.775. The number of hydrogen-bond donors (Lipinski definition) is 0. The molecule has 1 rings (SSSR count). The van der Waals surface area contributed by atoms with E-state index in [4.69, 9.17) is 0 Å². The number of rotatable bonds is 19. The van der Waals surface area contributed by atoms with Gasteiger partial charge in [-0.25, -0.2) is 0 Å². The molecule has 0 N–H and O–H groups in total. The standard InChI is InChI=1S/C22H42Br2N2OP/c1-2-3-4-5-6-7-8-9-10-11-12-13-14-15-18-25-19-16-20-26(25)21-17-22-28(23,24)27/h16,19-20H,2-15,17-18,21-22H2,1H3/q+1. The third-order valence-electron chi connectivity index (χ3n) is 5.39. The summed E-state index contributed by atoms with van der Waals surface area (Å²) in [5.74, 6) is 0. The Morgan fingerprint density at radius 2 is 1.29 bits per heavy atom. The smallest absolute Gasteiger partial charge is 0.208 e. The molecule has 0 saturated heterocycles. The third-order valence-corrected chi connectivity index (χ3v) is 8.36. The highest BCUT2D eigenvalue weighted by atomic mass is 79.9. The first-order chi connectivity index (χ1) is 13.5. The van der Waals surface area contributed by atoms with Crippen molar-refractivity contribution < 1.29 is 9.25 Å². The lowest BCUT2D eigenvalue weighted by atomic mass is 10.0. The summed E-state index contributed by atoms with van der Waals surface area (Å²) in [6, 6.07) is 2.10. The van der Waals surface area contributed by atoms with Crippen LogP contribution in [-0.4, -0.2) is 10.8 Å². The summed E-state index contributed by atoms with van der Waals surface area (Å²) in [5, 5.41) is 0. The molecule has 6 heteroatoms. The van der Waals surface area contributed by atoms with Crippen molar-refractivity contribution in [2.75, 3.05) is 6.16 Å². The molecule has 0 unspecified atom stereocenters. The van der Waals surface area contributed by atoms with E-state index in [0.717, 1.165) is 19.5 Å². The minimum absolute atomic E-state index is 0.685. The Kier molecular flexibility index (Phi) is 16.2. The average Bonchev–Trinajstić information content (AvgIpc) is 3.08. The van der Waals surface area contributed by atoms with Crippen LogP contribution >= 0.6 is 35.5 Å². The van der Waals surface area contributed by atoms with Crippen LogP contribution in [0.5, 0.6) is 0 Å². The summed E-state index contributed by atoms with van der Waals surface area (Å²) in [6.07, 6.45) is 25.5. The maximum Gasteiger partial charge on any atom is 0.208 e. The molecule has 0 bridgehead atoms. The van der Waals surface area contributed by atoms with Gasteiger partial charge in [-0.3, -0.25) is 4.57 Å². The van der Waals surface area contributed by atoms with Crippen LogP contribution < -0.4 is 4.68 Å². The predicted molar refractivity (Wildman–Crippen MR) is 130 cm³/mol. The maximum atomic E-state index is 11.7. The van der Waals surface area contributed by atoms with E-state index in [1.165, 1.54) is 89.9 Å². The summed E-state index contributed by atoms with van der Waals surface area (Å²) in [4.78, 5) is 0. The van der Waals surface area contributed by atoms with Gasteiger partial charge in [0.15, 0.2) is 12.7 Å². The van der Waals surface area contributed by atoms with Crippen LogP contribution in [0.2, 0.25) is 0 Å². The van der Waals surface area contributed by atoms with E-state index in [9.17, 15) is 4.57 Å². The molecule has 0 aromatic carbocycles. The summed E-state index contributed by atoms with van der Waals surface area (Å²) in [5.41, 5.74) is 0. The minimum atomic E-state index is -2.25. The number of hydrogen-bond acceptors (Lipinski definition) is 1. The third kappa shape index (κ3) is 15.3. The lowest BCUT2D eigenvalue weighted by Crippen LogP contribution is -2.42. The highest BCUT2D eigenvalue weighted by Gasteiger charge is 2.14. The summed E-state index contributed by atoms with van der Waals surface area (Å²) >= 11 is 6.44. The van der Waals surface area contributed by atoms with Gasteiger partial charge < -0.3 is 0 Å². The fourth-order valence-electron chi connectivity index (χ4n) is 3.70. The molecule has 0 aliphatic carbocycles. The zero-order valence-corrected chi connectivity index (χ0v) is 22.0. The molecule has 0 aliphatic heterocycles. The van der Waals surface area contributed by atoms with Gasteiger partial charge in [-0.1, -0.05) is 90.4 Å². The van der Waals surface area contributed by atoms with Gasteiger partial charge in [0.2, 0.25) is 4.55 Å². The lowest BCUT2D eigenvalue weighted by Gasteiger charge is -2.05. The summed E-state index contributed by atoms with van der Waals surface area (Å²) in [7, 11) is 0. The van der Waals surface area contributed by atoms with Crippen LogP contribution in [0.25, 0.3) is 0 Å². The van der Waals surface area contributed by atoms with E-state index in [0.29, 0.717) is 6.16 Å². The minimum Gasteiger partial charge on any atom is -0.299 e. The number of unbranched alkanes of at least 4 members (excludes halogenated alkanes) is 13. The van der Waals surface area contributed by atoms with E-state index in [2.05, 4.69) is 65.7 Å². The van der Waals surface area contributed by atoms with Crippen molar-refractivity contribution >= 4 is 35.5 Å². The molecule has 1 aromatic rings. The number of nitrogens with zero attached hydrogens (tertiary/aromatic N) is 2. The Hall–Kier alpha value is 0.400. The predicted octanol–water partition coefficient (Wildman–Crippen LogP) is 8.63. The molecule has 0 saturated carbocycles. The molecule has 28 heavy (non-hydrogen) atoms. The van der Waals surface area contributed by atoms with Crippen LogP contribution in [0.4, 0.5) is 0 Å². The number of aryl methyl sites for hydroxylation is 2. The van der Waals surface area contributed by atoms with Gasteiger partial charge in [-0.2, -0.15) is 4.68 Å². The molecule has 0 spiro atoms. The maximum absolute atomic E-state index is 11.7. The molecule has 0 atom stereocenters. The highest BCUT2D eigenvalue weighted by Crippen LogP contribution is 2.61. The molecular formula is C22H42Br2N2OP+. The second kappa shape index (κ2) is 17.1. The second-order valence-corrected chi connectivity index (χ2v) is 19.4. The van der Waals surface area contributed by atoms with Crippen LogP contribution in [0, 0.1) is 0 Å². The quantitative estimate of drug-likeness (QED) is 0.0978. The van der Waals surface area contributed by atoms with Crippen molar-refractivity contribution in [2.45, 2.75) is 116 Å². The first-order valence-electron chi connectivity index (χ1n) is 11.6. The van der Waals surface area contributed by atoms with Crippen molar-refractivity contribution in [3.63, 3.8) is 0 Å². The van der Waals surface area contributed by atoms with E-state index in [-0.39, 0.29) is 0 Å². The zero-order chi connectivity index (χ0) is 20.5. The molecule has 0 amide bonds. The van der Waals surface area contributed by atoms with Gasteiger partial charge >= 0.3 is 0 Å². The Labute approximate surface area is 189 Å². The first-order valence-corrected chi connectivity index (χ1v) is 17.5. The Bertz CT molecular complexity index is 530. The van der Waals surface area contributed by atoms with Crippen LogP contribution in [0.15, 0.2) is 18.5 Å². The molecular weight excluding hydrogens is 499 g/mol. The fourth-order valence-corrected chi connectivity index (χ4v) is 5.71. The van der Waals surface area contributed by atoms with Crippen molar-refractivity contribution in [1.82, 2.24) is 4.68 Å². The molecule has 0 aliphatic rings. The average molecular weight is 541 g/mol. The van der Waals surface area contributed by atoms with E-state index in [1.807, 2.05) is 0 Å². The van der Waals surface area contributed by atoms with Gasteiger partial charge in [-0.05, 0) is 37.4 Å². The van der Waals surface area contributed by atoms with Gasteiger partial charge in [-0.15, -0.1) is 4.68 Å². The molecule has 1 aromatic heterocycles. The van der Waals surface area contributed by atoms with E-state index >= 15 is 0 Å². The van der Waals surface area contributed by atoms with Crippen molar-refractivity contribution in [1.29, 1.82) is 0 Å².